The number of aromatic hydroxyl groups is 1. The standard InChI is InChI=1S/C37H40Cl2FN5O5S/c1-3-5-30(33(41)51)44(2)35(48)37(15-14-29-27(19-37)26-17-23(38)18-28(39)32(26)42-29)43-34(47)31(13-10-21-8-11-25(46)12-9-21)45(36(49)50)20-22-6-4-7-24(40)16-22/h4,6-9,11-12,16-18,30-31,42,46H,3,5,10,13-15,19-20H2,1-2H3,(H2,41,51)(H,43,47)(H,49,50)/t30?,31-,37?/m0/s1. The molecule has 0 saturated heterocycles. The highest BCUT2D eigenvalue weighted by atomic mass is 35.5. The van der Waals surface area contributed by atoms with Crippen molar-refractivity contribution in [1.29, 1.82) is 0 Å². The van der Waals surface area contributed by atoms with Gasteiger partial charge in [0.05, 0.1) is 21.6 Å². The molecule has 4 aromatic rings. The number of H-pyrrole nitrogens is 1. The number of hydrogen-bond acceptors (Lipinski definition) is 5. The second kappa shape index (κ2) is 15.9. The largest absolute Gasteiger partial charge is 0.508 e. The molecular formula is C37H40Cl2FN5O5S. The molecule has 0 saturated carbocycles. The number of carbonyl (C=O) groups is 3. The van der Waals surface area contributed by atoms with Crippen LogP contribution < -0.4 is 11.1 Å². The highest BCUT2D eigenvalue weighted by Crippen LogP contribution is 2.39. The minimum absolute atomic E-state index is 0.0211. The maximum Gasteiger partial charge on any atom is 0.408 e. The number of aromatic amines is 1. The molecule has 2 unspecified atom stereocenters. The van der Waals surface area contributed by atoms with E-state index in [-0.39, 0.29) is 43.0 Å². The van der Waals surface area contributed by atoms with Gasteiger partial charge < -0.3 is 31.1 Å². The summed E-state index contributed by atoms with van der Waals surface area (Å²) in [5.41, 5.74) is 7.92. The Morgan fingerprint density at radius 3 is 2.45 bits per heavy atom. The Morgan fingerprint density at radius 2 is 1.80 bits per heavy atom. The summed E-state index contributed by atoms with van der Waals surface area (Å²) < 4.78 is 14.2. The Labute approximate surface area is 310 Å². The first-order valence-corrected chi connectivity index (χ1v) is 17.8. The van der Waals surface area contributed by atoms with E-state index in [1.807, 2.05) is 6.92 Å². The van der Waals surface area contributed by atoms with E-state index in [0.29, 0.717) is 45.8 Å². The maximum absolute atomic E-state index is 14.8. The lowest BCUT2D eigenvalue weighted by Gasteiger charge is -2.42. The van der Waals surface area contributed by atoms with E-state index >= 15 is 0 Å². The molecule has 1 aliphatic carbocycles. The Morgan fingerprint density at radius 1 is 1.08 bits per heavy atom. The van der Waals surface area contributed by atoms with E-state index in [1.54, 1.807) is 37.4 Å². The van der Waals surface area contributed by atoms with Crippen molar-refractivity contribution in [3.8, 4) is 5.75 Å². The number of carboxylic acid groups (broad SMARTS) is 1. The Balaban J connectivity index is 1.58. The van der Waals surface area contributed by atoms with Gasteiger partial charge in [0, 0.05) is 36.1 Å². The van der Waals surface area contributed by atoms with E-state index in [9.17, 15) is 29.0 Å². The molecule has 51 heavy (non-hydrogen) atoms. The molecule has 1 aromatic heterocycles. The van der Waals surface area contributed by atoms with E-state index < -0.39 is 41.3 Å². The summed E-state index contributed by atoms with van der Waals surface area (Å²) in [5.74, 6) is -1.62. The van der Waals surface area contributed by atoms with Gasteiger partial charge in [-0.3, -0.25) is 14.5 Å². The highest BCUT2D eigenvalue weighted by molar-refractivity contribution is 7.80. The zero-order valence-corrected chi connectivity index (χ0v) is 30.5. The molecule has 0 aliphatic heterocycles. The van der Waals surface area contributed by atoms with Crippen LogP contribution in [0.15, 0.2) is 60.7 Å². The molecule has 0 radical (unpaired) electrons. The number of rotatable bonds is 13. The van der Waals surface area contributed by atoms with E-state index in [2.05, 4.69) is 10.3 Å². The van der Waals surface area contributed by atoms with Crippen molar-refractivity contribution in [2.75, 3.05) is 7.05 Å². The summed E-state index contributed by atoms with van der Waals surface area (Å²) in [4.78, 5) is 48.2. The van der Waals surface area contributed by atoms with Gasteiger partial charge in [0.25, 0.3) is 0 Å². The zero-order valence-electron chi connectivity index (χ0n) is 28.2. The van der Waals surface area contributed by atoms with Gasteiger partial charge >= 0.3 is 6.09 Å². The van der Waals surface area contributed by atoms with Crippen LogP contribution in [0.1, 0.15) is 55.0 Å². The number of amides is 3. The predicted molar refractivity (Wildman–Crippen MR) is 200 cm³/mol. The Kier molecular flexibility index (Phi) is 11.8. The summed E-state index contributed by atoms with van der Waals surface area (Å²) in [6.07, 6.45) is 0.648. The summed E-state index contributed by atoms with van der Waals surface area (Å²) >= 11 is 18.3. The number of hydrogen-bond donors (Lipinski definition) is 5. The van der Waals surface area contributed by atoms with Crippen LogP contribution in [-0.4, -0.2) is 72.6 Å². The van der Waals surface area contributed by atoms with Crippen LogP contribution in [0.2, 0.25) is 10.0 Å². The molecule has 6 N–H and O–H groups in total. The summed E-state index contributed by atoms with van der Waals surface area (Å²) in [5, 5.41) is 24.8. The fourth-order valence-corrected chi connectivity index (χ4v) is 7.77. The molecule has 270 valence electrons. The topological polar surface area (TPSA) is 152 Å². The van der Waals surface area contributed by atoms with E-state index in [4.69, 9.17) is 41.2 Å². The SMILES string of the molecule is CCCC(C(N)=S)N(C)C(=O)C1(NC(=O)[C@H](CCc2ccc(O)cc2)N(Cc2cccc(F)c2)C(=O)O)CCc2[nH]c3c(Cl)cc(Cl)cc3c2C1. The summed E-state index contributed by atoms with van der Waals surface area (Å²) in [6, 6.07) is 13.4. The summed E-state index contributed by atoms with van der Waals surface area (Å²) in [7, 11) is 1.60. The van der Waals surface area contributed by atoms with E-state index in [0.717, 1.165) is 21.7 Å². The molecule has 5 rings (SSSR count). The molecule has 3 amide bonds. The third-order valence-corrected chi connectivity index (χ3v) is 10.3. The molecule has 14 heteroatoms. The molecule has 3 aromatic carbocycles. The molecule has 0 bridgehead atoms. The van der Waals surface area contributed by atoms with Gasteiger partial charge in [-0.2, -0.15) is 0 Å². The molecule has 1 aliphatic rings. The van der Waals surface area contributed by atoms with Gasteiger partial charge in [-0.1, -0.05) is 73.0 Å². The van der Waals surface area contributed by atoms with Crippen LogP contribution in [0.25, 0.3) is 10.9 Å². The molecule has 1 heterocycles. The fourth-order valence-electron chi connectivity index (χ4n) is 6.95. The Bertz CT molecular complexity index is 1960. The minimum atomic E-state index is -1.54. The lowest BCUT2D eigenvalue weighted by Crippen LogP contribution is -2.66. The fraction of sp³-hybridized carbons (Fsp3) is 0.351. The number of aryl methyl sites for hydroxylation is 2. The van der Waals surface area contributed by atoms with Crippen LogP contribution in [-0.2, 0) is 35.4 Å². The maximum atomic E-state index is 14.8. The van der Waals surface area contributed by atoms with Crippen LogP contribution in [0.5, 0.6) is 5.75 Å². The number of nitrogens with one attached hydrogen (secondary N) is 2. The number of phenolic OH excluding ortho intramolecular Hbond substituents is 1. The number of aromatic nitrogens is 1. The van der Waals surface area contributed by atoms with Crippen LogP contribution in [0.4, 0.5) is 9.18 Å². The van der Waals surface area contributed by atoms with Gasteiger partial charge in [-0.15, -0.1) is 0 Å². The quantitative estimate of drug-likeness (QED) is 0.0947. The third-order valence-electron chi connectivity index (χ3n) is 9.56. The van der Waals surface area contributed by atoms with Gasteiger partial charge in [-0.05, 0) is 85.2 Å². The van der Waals surface area contributed by atoms with E-state index in [1.165, 1.54) is 35.2 Å². The first kappa shape index (κ1) is 37.9. The van der Waals surface area contributed by atoms with Crippen LogP contribution >= 0.6 is 35.4 Å². The molecule has 3 atom stereocenters. The number of thiocarbonyl (C=S) groups is 1. The third kappa shape index (κ3) is 8.40. The van der Waals surface area contributed by atoms with Crippen LogP contribution in [0.3, 0.4) is 0 Å². The number of phenols is 1. The lowest BCUT2D eigenvalue weighted by atomic mass is 9.78. The van der Waals surface area contributed by atoms with Gasteiger partial charge in [0.2, 0.25) is 11.8 Å². The van der Waals surface area contributed by atoms with Crippen molar-refractivity contribution in [1.82, 2.24) is 20.1 Å². The van der Waals surface area contributed by atoms with Crippen molar-refractivity contribution < 1.29 is 29.0 Å². The number of likely N-dealkylation sites (N-methyl/N-ethyl adjacent to an activating group) is 1. The zero-order chi connectivity index (χ0) is 37.0. The number of nitrogens with zero attached hydrogens (tertiary/aromatic N) is 2. The van der Waals surface area contributed by atoms with Crippen molar-refractivity contribution in [3.63, 3.8) is 0 Å². The van der Waals surface area contributed by atoms with Crippen LogP contribution in [0, 0.1) is 5.82 Å². The first-order valence-electron chi connectivity index (χ1n) is 16.6. The number of halogens is 3. The monoisotopic (exact) mass is 755 g/mol. The number of fused-ring (bicyclic) bond motifs is 3. The van der Waals surface area contributed by atoms with Gasteiger partial charge in [0.1, 0.15) is 23.1 Å². The molecule has 10 nitrogen and oxygen atoms in total. The number of benzene rings is 3. The summed E-state index contributed by atoms with van der Waals surface area (Å²) in [6.45, 7) is 1.66. The van der Waals surface area contributed by atoms with Crippen molar-refractivity contribution in [2.24, 2.45) is 5.73 Å². The average Bonchev–Trinajstić information content (AvgIpc) is 3.44. The molecular weight excluding hydrogens is 716 g/mol. The first-order chi connectivity index (χ1) is 24.2. The number of nitrogens with two attached hydrogens (primary N) is 1. The smallest absolute Gasteiger partial charge is 0.408 e. The second-order valence-corrected chi connectivity index (χ2v) is 14.3. The van der Waals surface area contributed by atoms with Crippen molar-refractivity contribution in [2.45, 2.75) is 76.0 Å². The normalized spacial score (nSPS) is 16.6. The molecule has 0 spiro atoms. The highest BCUT2D eigenvalue weighted by Gasteiger charge is 2.48. The number of carbonyl (C=O) groups excluding carboxylic acids is 2. The predicted octanol–water partition coefficient (Wildman–Crippen LogP) is 6.76. The second-order valence-electron chi connectivity index (χ2n) is 13.0. The lowest BCUT2D eigenvalue weighted by molar-refractivity contribution is -0.143. The Hall–Kier alpha value is -4.39. The van der Waals surface area contributed by atoms with Crippen molar-refractivity contribution >= 4 is 69.2 Å². The average molecular weight is 757 g/mol. The molecule has 0 fully saturated rings. The van der Waals surface area contributed by atoms with Crippen molar-refractivity contribution in [3.05, 3.63) is 98.9 Å². The van der Waals surface area contributed by atoms with Gasteiger partial charge in [-0.25, -0.2) is 9.18 Å². The minimum Gasteiger partial charge on any atom is -0.508 e. The van der Waals surface area contributed by atoms with Gasteiger partial charge in [0.15, 0.2) is 0 Å².